The number of anilines is 1. The van der Waals surface area contributed by atoms with Crippen LogP contribution in [0.2, 0.25) is 0 Å². The lowest BCUT2D eigenvalue weighted by molar-refractivity contribution is -0.384. The highest BCUT2D eigenvalue weighted by Gasteiger charge is 2.18. The minimum Gasteiger partial charge on any atom is -0.310 e. The van der Waals surface area contributed by atoms with Crippen molar-refractivity contribution in [2.45, 2.75) is 4.90 Å². The van der Waals surface area contributed by atoms with Crippen molar-refractivity contribution in [3.8, 4) is 5.69 Å². The fourth-order valence-corrected chi connectivity index (χ4v) is 3.15. The second-order valence-corrected chi connectivity index (χ2v) is 8.07. The summed E-state index contributed by atoms with van der Waals surface area (Å²) in [6.45, 7) is 0. The summed E-state index contributed by atoms with van der Waals surface area (Å²) >= 11 is 0. The number of aromatic nitrogens is 2. The summed E-state index contributed by atoms with van der Waals surface area (Å²) in [6, 6.07) is 13.3. The number of hydrogen-bond donors (Lipinski definition) is 0. The first-order valence-electron chi connectivity index (χ1n) is 8.05. The Balaban J connectivity index is 1.80. The van der Waals surface area contributed by atoms with Crippen molar-refractivity contribution in [1.29, 1.82) is 0 Å². The maximum Gasteiger partial charge on any atom is 0.278 e. The van der Waals surface area contributed by atoms with E-state index in [1.807, 2.05) is 0 Å². The fraction of sp³-hybridized carbons (Fsp3) is 0.111. The molecule has 0 aliphatic heterocycles. The van der Waals surface area contributed by atoms with E-state index in [1.54, 1.807) is 25.4 Å². The van der Waals surface area contributed by atoms with E-state index in [1.165, 1.54) is 52.0 Å². The van der Waals surface area contributed by atoms with E-state index in [0.29, 0.717) is 11.4 Å². The molecule has 0 aliphatic rings. The Morgan fingerprint density at radius 2 is 1.68 bits per heavy atom. The second-order valence-electron chi connectivity index (χ2n) is 6.05. The van der Waals surface area contributed by atoms with Gasteiger partial charge in [-0.2, -0.15) is 5.10 Å². The molecule has 3 aromatic rings. The Labute approximate surface area is 160 Å². The lowest BCUT2D eigenvalue weighted by Crippen LogP contribution is -2.26. The number of hydrogen-bond acceptors (Lipinski definition) is 6. The van der Waals surface area contributed by atoms with Gasteiger partial charge in [0.1, 0.15) is 0 Å². The van der Waals surface area contributed by atoms with E-state index in [2.05, 4.69) is 5.10 Å². The summed E-state index contributed by atoms with van der Waals surface area (Å²) in [5.74, 6) is -0.382. The Bertz CT molecular complexity index is 1140. The molecule has 0 atom stereocenters. The summed E-state index contributed by atoms with van der Waals surface area (Å²) in [6.07, 6.45) is 2.69. The van der Waals surface area contributed by atoms with Gasteiger partial charge in [0.15, 0.2) is 15.5 Å². The molecule has 0 spiro atoms. The van der Waals surface area contributed by atoms with Crippen molar-refractivity contribution in [2.24, 2.45) is 0 Å². The number of nitrogens with zero attached hydrogens (tertiary/aromatic N) is 4. The van der Waals surface area contributed by atoms with Gasteiger partial charge < -0.3 is 4.90 Å². The largest absolute Gasteiger partial charge is 0.310 e. The molecule has 0 bridgehead atoms. The molecule has 0 saturated carbocycles. The number of rotatable bonds is 5. The molecule has 144 valence electrons. The van der Waals surface area contributed by atoms with Gasteiger partial charge in [0.25, 0.3) is 11.6 Å². The predicted octanol–water partition coefficient (Wildman–Crippen LogP) is 2.46. The first-order chi connectivity index (χ1) is 13.2. The number of nitro benzene ring substituents is 1. The van der Waals surface area contributed by atoms with Crippen LogP contribution in [-0.4, -0.2) is 42.3 Å². The molecule has 2 aromatic carbocycles. The number of nitro groups is 1. The Morgan fingerprint density at radius 1 is 1.07 bits per heavy atom. The van der Waals surface area contributed by atoms with E-state index in [0.717, 1.165) is 6.26 Å². The van der Waals surface area contributed by atoms with Crippen LogP contribution >= 0.6 is 0 Å². The molecule has 0 N–H and O–H groups in total. The third-order valence-corrected chi connectivity index (χ3v) is 5.22. The molecule has 3 rings (SSSR count). The number of amides is 1. The van der Waals surface area contributed by atoms with Gasteiger partial charge in [-0.25, -0.2) is 13.1 Å². The molecule has 0 saturated heterocycles. The summed E-state index contributed by atoms with van der Waals surface area (Å²) in [5, 5.41) is 14.9. The molecular formula is C18H16N4O5S. The summed E-state index contributed by atoms with van der Waals surface area (Å²) in [7, 11) is -1.76. The Hall–Kier alpha value is -3.53. The second kappa shape index (κ2) is 7.24. The lowest BCUT2D eigenvalue weighted by atomic mass is 10.3. The molecule has 9 nitrogen and oxygen atoms in total. The van der Waals surface area contributed by atoms with Gasteiger partial charge in [0.2, 0.25) is 0 Å². The topological polar surface area (TPSA) is 115 Å². The zero-order valence-corrected chi connectivity index (χ0v) is 15.8. The summed E-state index contributed by atoms with van der Waals surface area (Å²) < 4.78 is 24.5. The van der Waals surface area contributed by atoms with Crippen LogP contribution in [0.5, 0.6) is 0 Å². The molecule has 1 amide bonds. The SMILES string of the molecule is CN(C(=O)c1ccn(-c2ccc([N+](=O)[O-])cc2)n1)c1ccc(S(C)(=O)=O)cc1. The minimum absolute atomic E-state index is 0.0375. The average molecular weight is 400 g/mol. The maximum atomic E-state index is 12.7. The molecule has 28 heavy (non-hydrogen) atoms. The van der Waals surface area contributed by atoms with Crippen molar-refractivity contribution < 1.29 is 18.1 Å². The Morgan fingerprint density at radius 3 is 2.21 bits per heavy atom. The lowest BCUT2D eigenvalue weighted by Gasteiger charge is -2.16. The number of benzene rings is 2. The van der Waals surface area contributed by atoms with E-state index < -0.39 is 14.8 Å². The first-order valence-corrected chi connectivity index (χ1v) is 9.94. The van der Waals surface area contributed by atoms with Crippen molar-refractivity contribution >= 4 is 27.1 Å². The van der Waals surface area contributed by atoms with Gasteiger partial charge >= 0.3 is 0 Å². The quantitative estimate of drug-likeness (QED) is 0.480. The van der Waals surface area contributed by atoms with Gasteiger partial charge in [0, 0.05) is 37.3 Å². The van der Waals surface area contributed by atoms with Gasteiger partial charge in [-0.15, -0.1) is 0 Å². The van der Waals surface area contributed by atoms with E-state index in [9.17, 15) is 23.3 Å². The van der Waals surface area contributed by atoms with E-state index in [-0.39, 0.29) is 22.2 Å². The van der Waals surface area contributed by atoms with Gasteiger partial charge in [-0.3, -0.25) is 14.9 Å². The zero-order valence-electron chi connectivity index (χ0n) is 15.0. The van der Waals surface area contributed by atoms with Crippen LogP contribution in [0.4, 0.5) is 11.4 Å². The van der Waals surface area contributed by atoms with Crippen LogP contribution in [0.3, 0.4) is 0 Å². The van der Waals surface area contributed by atoms with Crippen LogP contribution in [0.1, 0.15) is 10.5 Å². The highest BCUT2D eigenvalue weighted by molar-refractivity contribution is 7.90. The monoisotopic (exact) mass is 400 g/mol. The normalized spacial score (nSPS) is 11.2. The number of sulfone groups is 1. The standard InChI is InChI=1S/C18H16N4O5S/c1-20(13-7-9-16(10-8-13)28(2,26)27)18(23)17-11-12-21(19-17)14-3-5-15(6-4-14)22(24)25/h3-12H,1-2H3. The van der Waals surface area contributed by atoms with Crippen LogP contribution in [0, 0.1) is 10.1 Å². The summed E-state index contributed by atoms with van der Waals surface area (Å²) in [5.41, 5.74) is 1.23. The van der Waals surface area contributed by atoms with Crippen LogP contribution in [0.25, 0.3) is 5.69 Å². The number of carbonyl (C=O) groups is 1. The van der Waals surface area contributed by atoms with Gasteiger partial charge in [-0.05, 0) is 42.5 Å². The molecule has 1 aromatic heterocycles. The van der Waals surface area contributed by atoms with Crippen molar-refractivity contribution in [2.75, 3.05) is 18.2 Å². The molecule has 10 heteroatoms. The number of carbonyl (C=O) groups excluding carboxylic acids is 1. The third kappa shape index (κ3) is 3.91. The first kappa shape index (κ1) is 19.2. The van der Waals surface area contributed by atoms with E-state index >= 15 is 0 Å². The van der Waals surface area contributed by atoms with Crippen molar-refractivity contribution in [1.82, 2.24) is 9.78 Å². The van der Waals surface area contributed by atoms with Gasteiger partial charge in [-0.1, -0.05) is 0 Å². The van der Waals surface area contributed by atoms with Crippen molar-refractivity contribution in [3.63, 3.8) is 0 Å². The zero-order chi connectivity index (χ0) is 20.5. The minimum atomic E-state index is -3.31. The maximum absolute atomic E-state index is 12.7. The smallest absolute Gasteiger partial charge is 0.278 e. The van der Waals surface area contributed by atoms with Crippen LogP contribution in [0.15, 0.2) is 65.7 Å². The third-order valence-electron chi connectivity index (χ3n) is 4.09. The van der Waals surface area contributed by atoms with E-state index in [4.69, 9.17) is 0 Å². The fourth-order valence-electron chi connectivity index (χ4n) is 2.51. The van der Waals surface area contributed by atoms with Crippen LogP contribution in [-0.2, 0) is 9.84 Å². The number of non-ortho nitro benzene ring substituents is 1. The molecule has 0 radical (unpaired) electrons. The molecule has 0 unspecified atom stereocenters. The van der Waals surface area contributed by atoms with Crippen molar-refractivity contribution in [3.05, 3.63) is 76.6 Å². The average Bonchev–Trinajstić information content (AvgIpc) is 3.16. The predicted molar refractivity (Wildman–Crippen MR) is 103 cm³/mol. The molecular weight excluding hydrogens is 384 g/mol. The molecule has 0 fully saturated rings. The van der Waals surface area contributed by atoms with Crippen LogP contribution < -0.4 is 4.90 Å². The highest BCUT2D eigenvalue weighted by atomic mass is 32.2. The Kier molecular flexibility index (Phi) is 4.97. The molecule has 1 heterocycles. The van der Waals surface area contributed by atoms with Gasteiger partial charge in [0.05, 0.1) is 15.5 Å². The summed E-state index contributed by atoms with van der Waals surface area (Å²) in [4.78, 5) is 24.4. The highest BCUT2D eigenvalue weighted by Crippen LogP contribution is 2.19. The molecule has 0 aliphatic carbocycles.